The van der Waals surface area contributed by atoms with Crippen molar-refractivity contribution in [2.24, 2.45) is 0 Å². The molecule has 19 heavy (non-hydrogen) atoms. The molecule has 2 aromatic carbocycles. The molecule has 5 nitrogen and oxygen atoms in total. The normalized spacial score (nSPS) is 11.3. The standard InChI is InChI=1S/C14H12N2O3/c17-15(10-12-6-2-1-3-7-12)11-13-8-4-5-9-14(13)16(18)19/h1-9,11H,10H2. The fourth-order valence-electron chi connectivity index (χ4n) is 1.73. The number of hydroxylamine groups is 1. The Morgan fingerprint density at radius 3 is 2.26 bits per heavy atom. The molecular formula is C14H12N2O3. The van der Waals surface area contributed by atoms with Gasteiger partial charge in [-0.05, 0) is 6.07 Å². The molecule has 0 atom stereocenters. The Bertz CT molecular complexity index is 609. The summed E-state index contributed by atoms with van der Waals surface area (Å²) in [7, 11) is 0. The van der Waals surface area contributed by atoms with Crippen LogP contribution in [0, 0.1) is 15.3 Å². The minimum atomic E-state index is -0.498. The lowest BCUT2D eigenvalue weighted by Gasteiger charge is -2.04. The highest BCUT2D eigenvalue weighted by molar-refractivity contribution is 5.81. The van der Waals surface area contributed by atoms with Crippen LogP contribution >= 0.6 is 0 Å². The number of nitro groups is 1. The van der Waals surface area contributed by atoms with E-state index in [0.717, 1.165) is 5.56 Å². The van der Waals surface area contributed by atoms with Gasteiger partial charge < -0.3 is 5.21 Å². The average molecular weight is 256 g/mol. The molecule has 0 aliphatic heterocycles. The van der Waals surface area contributed by atoms with Gasteiger partial charge in [-0.3, -0.25) is 10.1 Å². The highest BCUT2D eigenvalue weighted by Crippen LogP contribution is 2.15. The van der Waals surface area contributed by atoms with Crippen LogP contribution in [0.2, 0.25) is 0 Å². The second-order valence-corrected chi connectivity index (χ2v) is 4.01. The molecule has 0 aliphatic carbocycles. The molecule has 0 N–H and O–H groups in total. The van der Waals surface area contributed by atoms with Crippen molar-refractivity contribution in [3.8, 4) is 0 Å². The third kappa shape index (κ3) is 3.38. The summed E-state index contributed by atoms with van der Waals surface area (Å²) in [5.41, 5.74) is 1.09. The largest absolute Gasteiger partial charge is 0.624 e. The van der Waals surface area contributed by atoms with Gasteiger partial charge in [-0.15, -0.1) is 0 Å². The van der Waals surface area contributed by atoms with Crippen LogP contribution in [0.25, 0.3) is 0 Å². The minimum absolute atomic E-state index is 0.0728. The number of rotatable bonds is 4. The Kier molecular flexibility index (Phi) is 3.87. The topological polar surface area (TPSA) is 69.2 Å². The summed E-state index contributed by atoms with van der Waals surface area (Å²) in [5.74, 6) is 0. The van der Waals surface area contributed by atoms with Gasteiger partial charge in [0.05, 0.1) is 4.92 Å². The predicted molar refractivity (Wildman–Crippen MR) is 72.0 cm³/mol. The van der Waals surface area contributed by atoms with Gasteiger partial charge in [-0.25, -0.2) is 4.74 Å². The van der Waals surface area contributed by atoms with E-state index in [4.69, 9.17) is 0 Å². The second kappa shape index (κ2) is 5.77. The number of nitrogens with zero attached hydrogens (tertiary/aromatic N) is 2. The summed E-state index contributed by atoms with van der Waals surface area (Å²) in [5, 5.41) is 22.6. The molecule has 0 fully saturated rings. The van der Waals surface area contributed by atoms with Crippen molar-refractivity contribution < 1.29 is 9.66 Å². The lowest BCUT2D eigenvalue weighted by Crippen LogP contribution is -2.07. The Balaban J connectivity index is 2.24. The van der Waals surface area contributed by atoms with Crippen molar-refractivity contribution in [3.63, 3.8) is 0 Å². The van der Waals surface area contributed by atoms with Crippen LogP contribution in [0.4, 0.5) is 5.69 Å². The van der Waals surface area contributed by atoms with E-state index in [1.807, 2.05) is 30.3 Å². The Morgan fingerprint density at radius 1 is 0.947 bits per heavy atom. The summed E-state index contributed by atoms with van der Waals surface area (Å²) in [6.45, 7) is 0.160. The van der Waals surface area contributed by atoms with Crippen molar-refractivity contribution in [1.82, 2.24) is 0 Å². The molecule has 2 aromatic rings. The maximum absolute atomic E-state index is 11.8. The van der Waals surface area contributed by atoms with Crippen LogP contribution < -0.4 is 0 Å². The third-order valence-electron chi connectivity index (χ3n) is 2.60. The first-order valence-electron chi connectivity index (χ1n) is 5.73. The highest BCUT2D eigenvalue weighted by Gasteiger charge is 2.13. The van der Waals surface area contributed by atoms with E-state index in [0.29, 0.717) is 10.3 Å². The molecule has 0 radical (unpaired) electrons. The van der Waals surface area contributed by atoms with Gasteiger partial charge in [0.1, 0.15) is 5.56 Å². The molecule has 5 heteroatoms. The Labute approximate surface area is 110 Å². The maximum atomic E-state index is 11.8. The van der Waals surface area contributed by atoms with Gasteiger partial charge in [0.2, 0.25) is 0 Å². The fourth-order valence-corrected chi connectivity index (χ4v) is 1.73. The van der Waals surface area contributed by atoms with Gasteiger partial charge in [0.15, 0.2) is 12.8 Å². The van der Waals surface area contributed by atoms with E-state index in [-0.39, 0.29) is 12.2 Å². The number of nitro benzene ring substituents is 1. The van der Waals surface area contributed by atoms with Crippen molar-refractivity contribution in [2.45, 2.75) is 6.54 Å². The maximum Gasteiger partial charge on any atom is 0.282 e. The molecule has 0 saturated carbocycles. The molecule has 0 aliphatic rings. The molecule has 0 spiro atoms. The van der Waals surface area contributed by atoms with Crippen LogP contribution in [-0.4, -0.2) is 15.9 Å². The summed E-state index contributed by atoms with van der Waals surface area (Å²) < 4.78 is 0.692. The average Bonchev–Trinajstić information content (AvgIpc) is 2.40. The van der Waals surface area contributed by atoms with Gasteiger partial charge in [-0.1, -0.05) is 42.5 Å². The summed E-state index contributed by atoms with van der Waals surface area (Å²) in [6, 6.07) is 15.4. The minimum Gasteiger partial charge on any atom is -0.624 e. The summed E-state index contributed by atoms with van der Waals surface area (Å²) in [4.78, 5) is 10.3. The molecular weight excluding hydrogens is 244 g/mol. The van der Waals surface area contributed by atoms with E-state index in [2.05, 4.69) is 0 Å². The summed E-state index contributed by atoms with van der Waals surface area (Å²) in [6.07, 6.45) is 1.24. The third-order valence-corrected chi connectivity index (χ3v) is 2.60. The Morgan fingerprint density at radius 2 is 1.58 bits per heavy atom. The van der Waals surface area contributed by atoms with Gasteiger partial charge in [0.25, 0.3) is 5.69 Å². The van der Waals surface area contributed by atoms with E-state index >= 15 is 0 Å². The lowest BCUT2D eigenvalue weighted by molar-refractivity contribution is -0.469. The smallest absolute Gasteiger partial charge is 0.282 e. The fraction of sp³-hybridized carbons (Fsp3) is 0.0714. The van der Waals surface area contributed by atoms with Gasteiger partial charge >= 0.3 is 0 Å². The van der Waals surface area contributed by atoms with Gasteiger partial charge in [0, 0.05) is 11.6 Å². The van der Waals surface area contributed by atoms with Gasteiger partial charge in [-0.2, -0.15) is 0 Å². The monoisotopic (exact) mass is 256 g/mol. The lowest BCUT2D eigenvalue weighted by atomic mass is 10.2. The quantitative estimate of drug-likeness (QED) is 0.277. The molecule has 0 amide bonds. The first-order valence-corrected chi connectivity index (χ1v) is 5.73. The van der Waals surface area contributed by atoms with E-state index in [1.54, 1.807) is 18.2 Å². The molecule has 0 unspecified atom stereocenters. The van der Waals surface area contributed by atoms with Crippen LogP contribution in [0.1, 0.15) is 11.1 Å². The van der Waals surface area contributed by atoms with Crippen molar-refractivity contribution in [3.05, 3.63) is 81.0 Å². The van der Waals surface area contributed by atoms with Crippen LogP contribution in [-0.2, 0) is 6.54 Å². The van der Waals surface area contributed by atoms with Crippen molar-refractivity contribution >= 4 is 11.9 Å². The van der Waals surface area contributed by atoms with Crippen molar-refractivity contribution in [2.75, 3.05) is 0 Å². The second-order valence-electron chi connectivity index (χ2n) is 4.01. The number of hydrogen-bond donors (Lipinski definition) is 0. The zero-order chi connectivity index (χ0) is 13.7. The number of hydrogen-bond acceptors (Lipinski definition) is 3. The SMILES string of the molecule is O=[N+]([O-])c1ccccc1C=[N+]([O-])Cc1ccccc1. The number of para-hydroxylation sites is 1. The predicted octanol–water partition coefficient (Wildman–Crippen LogP) is 2.72. The van der Waals surface area contributed by atoms with Crippen molar-refractivity contribution in [1.29, 1.82) is 0 Å². The Hall–Kier alpha value is -2.69. The number of benzene rings is 2. The van der Waals surface area contributed by atoms with Crippen LogP contribution in [0.15, 0.2) is 54.6 Å². The molecule has 0 heterocycles. The van der Waals surface area contributed by atoms with Crippen LogP contribution in [0.5, 0.6) is 0 Å². The molecule has 96 valence electrons. The van der Waals surface area contributed by atoms with E-state index < -0.39 is 4.92 Å². The zero-order valence-corrected chi connectivity index (χ0v) is 10.1. The first kappa shape index (κ1) is 12.8. The summed E-state index contributed by atoms with van der Waals surface area (Å²) >= 11 is 0. The van der Waals surface area contributed by atoms with E-state index in [9.17, 15) is 15.3 Å². The van der Waals surface area contributed by atoms with Crippen LogP contribution in [0.3, 0.4) is 0 Å². The molecule has 0 bridgehead atoms. The zero-order valence-electron chi connectivity index (χ0n) is 10.1. The molecule has 2 rings (SSSR count). The van der Waals surface area contributed by atoms with E-state index in [1.165, 1.54) is 12.3 Å². The molecule has 0 saturated heterocycles. The molecule has 0 aromatic heterocycles. The first-order chi connectivity index (χ1) is 9.16. The highest BCUT2D eigenvalue weighted by atomic mass is 16.6.